The number of nitrogens with one attached hydrogen (secondary N) is 1. The Labute approximate surface area is 135 Å². The van der Waals surface area contributed by atoms with Gasteiger partial charge in [-0.3, -0.25) is 9.59 Å². The highest BCUT2D eigenvalue weighted by atomic mass is 32.2. The smallest absolute Gasteiger partial charge is 0.256 e. The van der Waals surface area contributed by atoms with Crippen LogP contribution in [0.4, 0.5) is 0 Å². The lowest BCUT2D eigenvalue weighted by molar-refractivity contribution is -0.129. The summed E-state index contributed by atoms with van der Waals surface area (Å²) in [6, 6.07) is -0.124. The molecule has 0 atom stereocenters. The third kappa shape index (κ3) is 3.73. The molecule has 1 fully saturated rings. The Bertz CT molecular complexity index is 730. The molecule has 1 aromatic heterocycles. The van der Waals surface area contributed by atoms with Gasteiger partial charge in [0.25, 0.3) is 5.91 Å². The van der Waals surface area contributed by atoms with Gasteiger partial charge in [0.15, 0.2) is 0 Å². The van der Waals surface area contributed by atoms with E-state index < -0.39 is 15.9 Å². The molecule has 0 unspecified atom stereocenters. The zero-order valence-corrected chi connectivity index (χ0v) is 14.2. The summed E-state index contributed by atoms with van der Waals surface area (Å²) >= 11 is 0. The van der Waals surface area contributed by atoms with Crippen LogP contribution in [0.3, 0.4) is 0 Å². The molecule has 1 aliphatic rings. The van der Waals surface area contributed by atoms with Gasteiger partial charge in [-0.05, 0) is 26.7 Å². The maximum absolute atomic E-state index is 12.5. The molecule has 1 saturated heterocycles. The van der Waals surface area contributed by atoms with Crippen molar-refractivity contribution < 1.29 is 22.4 Å². The number of primary sulfonamides is 1. The van der Waals surface area contributed by atoms with E-state index in [0.29, 0.717) is 25.9 Å². The first-order valence-corrected chi connectivity index (χ1v) is 8.85. The molecule has 2 heterocycles. The number of nitrogens with two attached hydrogens (primary N) is 1. The molecule has 1 aliphatic heterocycles. The molecule has 0 bridgehead atoms. The molecule has 2 amide bonds. The van der Waals surface area contributed by atoms with Crippen LogP contribution in [0.1, 0.15) is 41.6 Å². The number of aryl methyl sites for hydroxylation is 2. The summed E-state index contributed by atoms with van der Waals surface area (Å²) in [7, 11) is -4.06. The summed E-state index contributed by atoms with van der Waals surface area (Å²) in [5, 5.41) is 7.99. The summed E-state index contributed by atoms with van der Waals surface area (Å²) in [5.41, 5.74) is -0.0426. The second-order valence-electron chi connectivity index (χ2n) is 5.72. The Balaban J connectivity index is 2.15. The molecule has 0 saturated carbocycles. The van der Waals surface area contributed by atoms with Crippen molar-refractivity contribution in [2.24, 2.45) is 5.14 Å². The van der Waals surface area contributed by atoms with Gasteiger partial charge in [0.2, 0.25) is 15.9 Å². The van der Waals surface area contributed by atoms with Crippen molar-refractivity contribution >= 4 is 21.8 Å². The number of sulfonamides is 1. The number of piperidine rings is 1. The van der Waals surface area contributed by atoms with Gasteiger partial charge in [0.05, 0.1) is 0 Å². The quantitative estimate of drug-likeness (QED) is 0.816. The number of rotatable bonds is 3. The summed E-state index contributed by atoms with van der Waals surface area (Å²) in [4.78, 5) is 25.2. The molecule has 1 aromatic rings. The van der Waals surface area contributed by atoms with Gasteiger partial charge in [-0.2, -0.15) is 0 Å². The third-order valence-electron chi connectivity index (χ3n) is 3.99. The van der Waals surface area contributed by atoms with E-state index in [9.17, 15) is 18.0 Å². The van der Waals surface area contributed by atoms with Gasteiger partial charge in [-0.15, -0.1) is 0 Å². The summed E-state index contributed by atoms with van der Waals surface area (Å²) in [6.45, 7) is 5.61. The van der Waals surface area contributed by atoms with Crippen molar-refractivity contribution in [2.75, 3.05) is 13.1 Å². The molecule has 0 aliphatic carbocycles. The zero-order valence-electron chi connectivity index (χ0n) is 13.4. The lowest BCUT2D eigenvalue weighted by atomic mass is 10.0. The first-order chi connectivity index (χ1) is 10.6. The van der Waals surface area contributed by atoms with Crippen LogP contribution in [0.2, 0.25) is 0 Å². The minimum absolute atomic E-state index is 0.00703. The molecule has 3 N–H and O–H groups in total. The average Bonchev–Trinajstić information content (AvgIpc) is 2.74. The van der Waals surface area contributed by atoms with E-state index in [-0.39, 0.29) is 33.9 Å². The predicted octanol–water partition coefficient (Wildman–Crippen LogP) is 0.285. The zero-order chi connectivity index (χ0) is 17.4. The second-order valence-corrected chi connectivity index (χ2v) is 7.22. The van der Waals surface area contributed by atoms with Crippen LogP contribution in [0.5, 0.6) is 0 Å². The number of hydrogen-bond acceptors (Lipinski definition) is 5. The Morgan fingerprint density at radius 1 is 1.22 bits per heavy atom. The van der Waals surface area contributed by atoms with Crippen LogP contribution in [-0.4, -0.2) is 44.3 Å². The van der Waals surface area contributed by atoms with Crippen molar-refractivity contribution in [3.63, 3.8) is 0 Å². The fourth-order valence-electron chi connectivity index (χ4n) is 2.86. The average molecular weight is 343 g/mol. The molecule has 0 spiro atoms. The number of hydrogen-bond donors (Lipinski definition) is 2. The highest BCUT2D eigenvalue weighted by Crippen LogP contribution is 2.26. The minimum Gasteiger partial charge on any atom is -0.464 e. The third-order valence-corrected chi connectivity index (χ3v) is 5.05. The van der Waals surface area contributed by atoms with Crippen molar-refractivity contribution in [3.8, 4) is 0 Å². The summed E-state index contributed by atoms with van der Waals surface area (Å²) in [6.07, 6.45) is 1.23. The summed E-state index contributed by atoms with van der Waals surface area (Å²) < 4.78 is 28.7. The van der Waals surface area contributed by atoms with Gasteiger partial charge in [0.1, 0.15) is 22.0 Å². The molecule has 0 radical (unpaired) electrons. The summed E-state index contributed by atoms with van der Waals surface area (Å²) in [5.74, 6) is -0.205. The number of likely N-dealkylation sites (tertiary alicyclic amines) is 1. The first kappa shape index (κ1) is 17.5. The lowest BCUT2D eigenvalue weighted by Crippen LogP contribution is -2.46. The molecule has 8 nitrogen and oxygen atoms in total. The van der Waals surface area contributed by atoms with Crippen molar-refractivity contribution in [1.29, 1.82) is 0 Å². The van der Waals surface area contributed by atoms with Gasteiger partial charge in [-0.1, -0.05) is 0 Å². The van der Waals surface area contributed by atoms with Crippen LogP contribution < -0.4 is 10.5 Å². The second kappa shape index (κ2) is 6.32. The number of carbonyl (C=O) groups is 2. The van der Waals surface area contributed by atoms with Crippen molar-refractivity contribution in [3.05, 3.63) is 17.1 Å². The Morgan fingerprint density at radius 3 is 2.26 bits per heavy atom. The monoisotopic (exact) mass is 343 g/mol. The number of amides is 2. The van der Waals surface area contributed by atoms with E-state index in [1.165, 1.54) is 20.8 Å². The highest BCUT2D eigenvalue weighted by molar-refractivity contribution is 7.89. The molecule has 0 aromatic carbocycles. The first-order valence-electron chi connectivity index (χ1n) is 7.30. The van der Waals surface area contributed by atoms with Gasteiger partial charge >= 0.3 is 0 Å². The predicted molar refractivity (Wildman–Crippen MR) is 82.3 cm³/mol. The van der Waals surface area contributed by atoms with Gasteiger partial charge in [0, 0.05) is 26.1 Å². The van der Waals surface area contributed by atoms with Gasteiger partial charge < -0.3 is 14.6 Å². The standard InChI is InChI=1S/C14H21N3O5S/c1-8-12(13(9(2)22-8)23(15,20)21)14(19)16-11-4-6-17(7-5-11)10(3)18/h11H,4-7H2,1-3H3,(H,16,19)(H2,15,20,21). The van der Waals surface area contributed by atoms with E-state index in [1.54, 1.807) is 4.90 Å². The van der Waals surface area contributed by atoms with Crippen LogP contribution in [0.15, 0.2) is 9.31 Å². The van der Waals surface area contributed by atoms with Crippen LogP contribution in [-0.2, 0) is 14.8 Å². The maximum Gasteiger partial charge on any atom is 0.256 e. The minimum atomic E-state index is -4.06. The van der Waals surface area contributed by atoms with E-state index in [1.807, 2.05) is 0 Å². The van der Waals surface area contributed by atoms with Crippen molar-refractivity contribution in [2.45, 2.75) is 44.6 Å². The fourth-order valence-corrected chi connectivity index (χ4v) is 3.83. The maximum atomic E-state index is 12.5. The van der Waals surface area contributed by atoms with Crippen LogP contribution >= 0.6 is 0 Å². The Hall–Kier alpha value is -1.87. The molecule has 9 heteroatoms. The normalized spacial score (nSPS) is 16.4. The molecule has 128 valence electrons. The Morgan fingerprint density at radius 2 is 1.78 bits per heavy atom. The van der Waals surface area contributed by atoms with E-state index in [2.05, 4.69) is 5.32 Å². The highest BCUT2D eigenvalue weighted by Gasteiger charge is 2.30. The number of carbonyl (C=O) groups excluding carboxylic acids is 2. The molecule has 2 rings (SSSR count). The van der Waals surface area contributed by atoms with Crippen molar-refractivity contribution in [1.82, 2.24) is 10.2 Å². The van der Waals surface area contributed by atoms with E-state index >= 15 is 0 Å². The number of furan rings is 1. The number of nitrogens with zero attached hydrogens (tertiary/aromatic N) is 1. The SMILES string of the molecule is CC(=O)N1CCC(NC(=O)c2c(C)oc(C)c2S(N)(=O)=O)CC1. The van der Waals surface area contributed by atoms with E-state index in [0.717, 1.165) is 0 Å². The fraction of sp³-hybridized carbons (Fsp3) is 0.571. The van der Waals surface area contributed by atoms with Gasteiger partial charge in [-0.25, -0.2) is 13.6 Å². The molecule has 23 heavy (non-hydrogen) atoms. The van der Waals surface area contributed by atoms with Crippen LogP contribution in [0, 0.1) is 13.8 Å². The molecular weight excluding hydrogens is 322 g/mol. The Kier molecular flexibility index (Phi) is 4.81. The van der Waals surface area contributed by atoms with E-state index in [4.69, 9.17) is 9.56 Å². The topological polar surface area (TPSA) is 123 Å². The largest absolute Gasteiger partial charge is 0.464 e. The molecular formula is C14H21N3O5S. The van der Waals surface area contributed by atoms with Crippen LogP contribution in [0.25, 0.3) is 0 Å². The lowest BCUT2D eigenvalue weighted by Gasteiger charge is -2.31.